The highest BCUT2D eigenvalue weighted by atomic mass is 16.6. The fourth-order valence-corrected chi connectivity index (χ4v) is 7.79. The fourth-order valence-electron chi connectivity index (χ4n) is 7.79. The van der Waals surface area contributed by atoms with Crippen LogP contribution in [0.3, 0.4) is 0 Å². The molecule has 0 aromatic heterocycles. The predicted octanol–water partition coefficient (Wildman–Crippen LogP) is 1.61. The van der Waals surface area contributed by atoms with Gasteiger partial charge in [-0.25, -0.2) is 0 Å². The number of unbranched alkanes of at least 4 members (excludes halogenated alkanes) is 3. The van der Waals surface area contributed by atoms with Crippen molar-refractivity contribution in [2.75, 3.05) is 13.2 Å². The number of carbonyl (C=O) groups is 2. The normalized spacial score (nSPS) is 45.9. The van der Waals surface area contributed by atoms with Crippen molar-refractivity contribution in [3.8, 4) is 0 Å². The molecule has 4 fully saturated rings. The van der Waals surface area contributed by atoms with Gasteiger partial charge in [-0.3, -0.25) is 9.59 Å². The lowest BCUT2D eigenvalue weighted by Gasteiger charge is -2.42. The van der Waals surface area contributed by atoms with Gasteiger partial charge in [-0.05, 0) is 68.4 Å². The Bertz CT molecular complexity index is 884. The van der Waals surface area contributed by atoms with Crippen LogP contribution in [0.4, 0.5) is 0 Å². The molecule has 8 atom stereocenters. The highest BCUT2D eigenvalue weighted by Crippen LogP contribution is 2.74. The first-order valence-electron chi connectivity index (χ1n) is 12.1. The molecule has 32 heavy (non-hydrogen) atoms. The minimum Gasteiger partial charge on any atom is -0.455 e. The Morgan fingerprint density at radius 3 is 2.81 bits per heavy atom. The van der Waals surface area contributed by atoms with Crippen molar-refractivity contribution in [2.24, 2.45) is 28.6 Å². The molecule has 1 spiro atoms. The Kier molecular flexibility index (Phi) is 5.12. The van der Waals surface area contributed by atoms with E-state index in [2.05, 4.69) is 11.9 Å². The van der Waals surface area contributed by atoms with Gasteiger partial charge < -0.3 is 25.4 Å². The van der Waals surface area contributed by atoms with Crippen LogP contribution in [-0.4, -0.2) is 58.2 Å². The molecular weight excluding hydrogens is 410 g/mol. The average molecular weight is 446 g/mol. The van der Waals surface area contributed by atoms with Crippen molar-refractivity contribution in [1.29, 1.82) is 0 Å². The number of esters is 1. The maximum Gasteiger partial charge on any atom is 0.315 e. The molecule has 0 radical (unpaired) electrons. The van der Waals surface area contributed by atoms with Crippen LogP contribution >= 0.6 is 0 Å². The zero-order chi connectivity index (χ0) is 22.9. The van der Waals surface area contributed by atoms with E-state index < -0.39 is 46.4 Å². The first-order chi connectivity index (χ1) is 15.2. The summed E-state index contributed by atoms with van der Waals surface area (Å²) in [4.78, 5) is 26.7. The minimum atomic E-state index is -1.16. The molecule has 1 saturated heterocycles. The lowest BCUT2D eigenvalue weighted by molar-refractivity contribution is -0.151. The van der Waals surface area contributed by atoms with Crippen molar-refractivity contribution < 1.29 is 29.6 Å². The average Bonchev–Trinajstić information content (AvgIpc) is 3.19. The summed E-state index contributed by atoms with van der Waals surface area (Å²) in [5, 5.41) is 34.3. The second kappa shape index (κ2) is 7.40. The number of aliphatic hydroxyl groups excluding tert-OH is 2. The van der Waals surface area contributed by atoms with Crippen molar-refractivity contribution in [1.82, 2.24) is 5.32 Å². The third-order valence-corrected chi connectivity index (χ3v) is 9.35. The van der Waals surface area contributed by atoms with Crippen molar-refractivity contribution in [3.63, 3.8) is 0 Å². The van der Waals surface area contributed by atoms with Crippen LogP contribution < -0.4 is 5.32 Å². The van der Waals surface area contributed by atoms with E-state index in [4.69, 9.17) is 9.84 Å². The molecule has 1 unspecified atom stereocenters. The summed E-state index contributed by atoms with van der Waals surface area (Å²) in [6.45, 7) is 6.63. The SMILES string of the molecule is C=C1C[C@]23C[C@@]1(O)CC[C@H]2C1=C[C@H]2OC(=O)[C@@](C)(C1[C@@H]3C(=O)NCCCCCCO)[C@H]2O. The second-order valence-electron chi connectivity index (χ2n) is 11.0. The number of allylic oxidation sites excluding steroid dienone is 1. The van der Waals surface area contributed by atoms with Crippen LogP contribution in [0.2, 0.25) is 0 Å². The summed E-state index contributed by atoms with van der Waals surface area (Å²) in [7, 11) is 0. The van der Waals surface area contributed by atoms with E-state index in [1.165, 1.54) is 0 Å². The summed E-state index contributed by atoms with van der Waals surface area (Å²) >= 11 is 0. The highest BCUT2D eigenvalue weighted by Gasteiger charge is 2.75. The summed E-state index contributed by atoms with van der Waals surface area (Å²) in [5.74, 6) is -1.41. The maximum atomic E-state index is 13.7. The van der Waals surface area contributed by atoms with Crippen LogP contribution in [0.15, 0.2) is 23.8 Å². The lowest BCUT2D eigenvalue weighted by Crippen LogP contribution is -2.52. The van der Waals surface area contributed by atoms with Crippen molar-refractivity contribution in [2.45, 2.75) is 76.1 Å². The van der Waals surface area contributed by atoms with Gasteiger partial charge in [-0.2, -0.15) is 0 Å². The lowest BCUT2D eigenvalue weighted by atomic mass is 9.60. The number of ether oxygens (including phenoxy) is 1. The molecule has 4 bridgehead atoms. The Balaban J connectivity index is 1.49. The van der Waals surface area contributed by atoms with Crippen LogP contribution in [0, 0.1) is 28.6 Å². The number of hydrogen-bond acceptors (Lipinski definition) is 6. The van der Waals surface area contributed by atoms with Crippen molar-refractivity contribution in [3.05, 3.63) is 23.8 Å². The second-order valence-corrected chi connectivity index (χ2v) is 11.0. The standard InChI is InChI=1S/C25H35NO6/c1-14-12-24-13-25(14,31)8-7-16(24)15-11-17-20(28)23(2,22(30)32-17)18(15)19(24)21(29)26-9-5-3-4-6-10-27/h11,16-20,27-28,31H,1,3-10,12-13H2,2H3,(H,26,29)/t16-,17+,18?,19+,20-,23-,24-,25-/m0/s1. The molecule has 1 aliphatic heterocycles. The molecule has 7 heteroatoms. The van der Waals surface area contributed by atoms with Gasteiger partial charge in [0.25, 0.3) is 0 Å². The fraction of sp³-hybridized carbons (Fsp3) is 0.760. The summed E-state index contributed by atoms with van der Waals surface area (Å²) in [6.07, 6.45) is 6.11. The van der Waals surface area contributed by atoms with Crippen molar-refractivity contribution >= 4 is 11.9 Å². The summed E-state index contributed by atoms with van der Waals surface area (Å²) in [6, 6.07) is 0. The number of amides is 1. The Hall–Kier alpha value is -1.70. The van der Waals surface area contributed by atoms with E-state index in [1.807, 2.05) is 6.08 Å². The Labute approximate surface area is 188 Å². The number of nitrogens with one attached hydrogen (secondary N) is 1. The number of rotatable bonds is 7. The highest BCUT2D eigenvalue weighted by molar-refractivity contribution is 5.87. The van der Waals surface area contributed by atoms with Crippen LogP contribution in [0.25, 0.3) is 0 Å². The third-order valence-electron chi connectivity index (χ3n) is 9.35. The van der Waals surface area contributed by atoms with E-state index >= 15 is 0 Å². The first kappa shape index (κ1) is 22.1. The van der Waals surface area contributed by atoms with E-state index in [1.54, 1.807) is 6.92 Å². The molecule has 4 N–H and O–H groups in total. The van der Waals surface area contributed by atoms with Gasteiger partial charge in [-0.15, -0.1) is 0 Å². The summed E-state index contributed by atoms with van der Waals surface area (Å²) in [5.41, 5.74) is -0.735. The molecule has 0 aromatic carbocycles. The number of carbonyl (C=O) groups excluding carboxylic acids is 2. The molecule has 3 saturated carbocycles. The molecule has 0 aromatic rings. The van der Waals surface area contributed by atoms with Gasteiger partial charge in [-0.1, -0.05) is 25.0 Å². The molecule has 5 rings (SSSR count). The van der Waals surface area contributed by atoms with Gasteiger partial charge in [0.05, 0.1) is 11.5 Å². The predicted molar refractivity (Wildman–Crippen MR) is 116 cm³/mol. The number of aliphatic hydroxyl groups is 3. The summed E-state index contributed by atoms with van der Waals surface area (Å²) < 4.78 is 5.51. The zero-order valence-electron chi connectivity index (χ0n) is 18.8. The molecule has 176 valence electrons. The van der Waals surface area contributed by atoms with Gasteiger partial charge in [0.2, 0.25) is 5.91 Å². The van der Waals surface area contributed by atoms with Crippen LogP contribution in [0.5, 0.6) is 0 Å². The molecule has 1 amide bonds. The van der Waals surface area contributed by atoms with Gasteiger partial charge in [0.1, 0.15) is 17.6 Å². The smallest absolute Gasteiger partial charge is 0.315 e. The monoisotopic (exact) mass is 445 g/mol. The topological polar surface area (TPSA) is 116 Å². The van der Waals surface area contributed by atoms with Crippen LogP contribution in [0.1, 0.15) is 58.3 Å². The quantitative estimate of drug-likeness (QED) is 0.269. The molecular formula is C25H35NO6. The largest absolute Gasteiger partial charge is 0.455 e. The van der Waals surface area contributed by atoms with E-state index in [9.17, 15) is 19.8 Å². The third kappa shape index (κ3) is 2.77. The Morgan fingerprint density at radius 1 is 1.31 bits per heavy atom. The van der Waals surface area contributed by atoms with Gasteiger partial charge in [0, 0.05) is 19.1 Å². The van der Waals surface area contributed by atoms with Crippen LogP contribution in [-0.2, 0) is 14.3 Å². The zero-order valence-corrected chi connectivity index (χ0v) is 18.8. The molecule has 1 heterocycles. The Morgan fingerprint density at radius 2 is 2.06 bits per heavy atom. The maximum absolute atomic E-state index is 13.7. The molecule has 5 aliphatic rings. The van der Waals surface area contributed by atoms with E-state index in [0.717, 1.165) is 43.3 Å². The molecule has 7 nitrogen and oxygen atoms in total. The van der Waals surface area contributed by atoms with E-state index in [0.29, 0.717) is 25.8 Å². The molecule has 4 aliphatic carbocycles. The van der Waals surface area contributed by atoms with Gasteiger partial charge >= 0.3 is 5.97 Å². The first-order valence-corrected chi connectivity index (χ1v) is 12.1. The van der Waals surface area contributed by atoms with E-state index in [-0.39, 0.29) is 18.4 Å². The van der Waals surface area contributed by atoms with Gasteiger partial charge in [0.15, 0.2) is 0 Å². The minimum absolute atomic E-state index is 0.0798. The number of hydrogen-bond donors (Lipinski definition) is 4. The number of fused-ring (bicyclic) bond motifs is 6.